The fraction of sp³-hybridized carbons (Fsp3) is 0.176. The van der Waals surface area contributed by atoms with Crippen LogP contribution in [0.2, 0.25) is 5.02 Å². The Balaban J connectivity index is 1.85. The van der Waals surface area contributed by atoms with Crippen molar-refractivity contribution in [1.82, 2.24) is 5.32 Å². The van der Waals surface area contributed by atoms with Crippen LogP contribution in [-0.4, -0.2) is 17.9 Å². The molecule has 0 aromatic heterocycles. The molecule has 0 saturated heterocycles. The molecule has 0 bridgehead atoms. The van der Waals surface area contributed by atoms with E-state index in [0.29, 0.717) is 0 Å². The molecule has 1 saturated carbocycles. The van der Waals surface area contributed by atoms with E-state index in [4.69, 9.17) is 11.6 Å². The van der Waals surface area contributed by atoms with E-state index in [-0.39, 0.29) is 28.4 Å². The molecular formula is C17H11ClF4N2O2. The van der Waals surface area contributed by atoms with Gasteiger partial charge in [-0.25, -0.2) is 17.6 Å². The Labute approximate surface area is 150 Å². The number of hydrogen-bond donors (Lipinski definition) is 2. The SMILES string of the molecule is O=C(NC1CC1)c1cc(NC(=O)c2cc(F)c(F)c(F)c2F)ccc1Cl. The molecule has 4 nitrogen and oxygen atoms in total. The second-order valence-corrected chi connectivity index (χ2v) is 6.15. The lowest BCUT2D eigenvalue weighted by molar-refractivity contribution is 0.0949. The zero-order valence-electron chi connectivity index (χ0n) is 13.0. The monoisotopic (exact) mass is 386 g/mol. The number of anilines is 1. The van der Waals surface area contributed by atoms with Gasteiger partial charge in [0.1, 0.15) is 0 Å². The van der Waals surface area contributed by atoms with E-state index in [1.54, 1.807) is 0 Å². The molecule has 1 aliphatic rings. The fourth-order valence-electron chi connectivity index (χ4n) is 2.20. The van der Waals surface area contributed by atoms with Gasteiger partial charge in [-0.1, -0.05) is 11.6 Å². The first-order chi connectivity index (χ1) is 12.3. The van der Waals surface area contributed by atoms with Crippen molar-refractivity contribution in [3.63, 3.8) is 0 Å². The summed E-state index contributed by atoms with van der Waals surface area (Å²) in [6.07, 6.45) is 1.72. The first-order valence-corrected chi connectivity index (χ1v) is 7.90. The zero-order chi connectivity index (χ0) is 19.0. The molecule has 136 valence electrons. The summed E-state index contributed by atoms with van der Waals surface area (Å²) in [4.78, 5) is 24.2. The molecular weight excluding hydrogens is 376 g/mol. The van der Waals surface area contributed by atoms with Crippen molar-refractivity contribution in [3.8, 4) is 0 Å². The summed E-state index contributed by atoms with van der Waals surface area (Å²) in [7, 11) is 0. The number of halogens is 5. The lowest BCUT2D eigenvalue weighted by atomic mass is 10.1. The Bertz CT molecular complexity index is 916. The van der Waals surface area contributed by atoms with E-state index in [9.17, 15) is 27.2 Å². The molecule has 2 aromatic carbocycles. The molecule has 26 heavy (non-hydrogen) atoms. The molecule has 0 heterocycles. The van der Waals surface area contributed by atoms with Crippen LogP contribution in [0.5, 0.6) is 0 Å². The minimum Gasteiger partial charge on any atom is -0.349 e. The Morgan fingerprint density at radius 1 is 0.923 bits per heavy atom. The molecule has 2 aromatic rings. The average molecular weight is 387 g/mol. The van der Waals surface area contributed by atoms with Crippen LogP contribution in [0.25, 0.3) is 0 Å². The number of carbonyl (C=O) groups is 2. The average Bonchev–Trinajstić information content (AvgIpc) is 3.41. The van der Waals surface area contributed by atoms with Crippen LogP contribution in [0.4, 0.5) is 23.2 Å². The highest BCUT2D eigenvalue weighted by molar-refractivity contribution is 6.34. The van der Waals surface area contributed by atoms with E-state index < -0.39 is 40.6 Å². The molecule has 0 radical (unpaired) electrons. The van der Waals surface area contributed by atoms with Crippen molar-refractivity contribution in [2.75, 3.05) is 5.32 Å². The first kappa shape index (κ1) is 18.2. The maximum Gasteiger partial charge on any atom is 0.258 e. The number of carbonyl (C=O) groups excluding carboxylic acids is 2. The molecule has 0 aliphatic heterocycles. The molecule has 2 amide bonds. The standard InChI is InChI=1S/C17H11ClF4N2O2/c18-11-4-3-8(5-9(11)16(25)23-7-1-2-7)24-17(26)10-6-12(19)14(21)15(22)13(10)20/h3-7H,1-2H2,(H,23,25)(H,24,26). The van der Waals surface area contributed by atoms with Gasteiger partial charge in [-0.2, -0.15) is 0 Å². The van der Waals surface area contributed by atoms with Gasteiger partial charge in [0, 0.05) is 11.7 Å². The maximum atomic E-state index is 13.7. The van der Waals surface area contributed by atoms with Crippen molar-refractivity contribution >= 4 is 29.1 Å². The number of rotatable bonds is 4. The van der Waals surface area contributed by atoms with Crippen molar-refractivity contribution < 1.29 is 27.2 Å². The summed E-state index contributed by atoms with van der Waals surface area (Å²) in [5.74, 6) is -9.27. The highest BCUT2D eigenvalue weighted by Crippen LogP contribution is 2.25. The summed E-state index contributed by atoms with van der Waals surface area (Å²) >= 11 is 5.96. The van der Waals surface area contributed by atoms with Gasteiger partial charge in [0.25, 0.3) is 11.8 Å². The van der Waals surface area contributed by atoms with E-state index in [1.165, 1.54) is 18.2 Å². The van der Waals surface area contributed by atoms with E-state index in [0.717, 1.165) is 12.8 Å². The minimum atomic E-state index is -2.09. The Hall–Kier alpha value is -2.61. The van der Waals surface area contributed by atoms with Gasteiger partial charge in [-0.15, -0.1) is 0 Å². The van der Waals surface area contributed by atoms with E-state index >= 15 is 0 Å². The van der Waals surface area contributed by atoms with Crippen molar-refractivity contribution in [2.24, 2.45) is 0 Å². The van der Waals surface area contributed by atoms with E-state index in [2.05, 4.69) is 10.6 Å². The number of amides is 2. The molecule has 3 rings (SSSR count). The summed E-state index contributed by atoms with van der Waals surface area (Å²) in [5, 5.41) is 5.04. The quantitative estimate of drug-likeness (QED) is 0.473. The predicted octanol–water partition coefficient (Wildman–Crippen LogP) is 4.04. The van der Waals surface area contributed by atoms with Crippen molar-refractivity contribution in [1.29, 1.82) is 0 Å². The van der Waals surface area contributed by atoms with Gasteiger partial charge >= 0.3 is 0 Å². The molecule has 1 fully saturated rings. The van der Waals surface area contributed by atoms with Gasteiger partial charge in [0.05, 0.1) is 16.1 Å². The normalized spacial score (nSPS) is 13.4. The summed E-state index contributed by atoms with van der Waals surface area (Å²) in [6, 6.07) is 4.23. The van der Waals surface area contributed by atoms with Gasteiger partial charge in [-0.05, 0) is 37.1 Å². The van der Waals surface area contributed by atoms with Crippen LogP contribution in [0.15, 0.2) is 24.3 Å². The van der Waals surface area contributed by atoms with Crippen molar-refractivity contribution in [3.05, 3.63) is 63.7 Å². The van der Waals surface area contributed by atoms with Crippen LogP contribution >= 0.6 is 11.6 Å². The smallest absolute Gasteiger partial charge is 0.258 e. The van der Waals surface area contributed by atoms with Gasteiger partial charge in [0.15, 0.2) is 23.3 Å². The van der Waals surface area contributed by atoms with Crippen LogP contribution < -0.4 is 10.6 Å². The zero-order valence-corrected chi connectivity index (χ0v) is 13.8. The first-order valence-electron chi connectivity index (χ1n) is 7.52. The third kappa shape index (κ3) is 3.65. The molecule has 9 heteroatoms. The second-order valence-electron chi connectivity index (χ2n) is 5.74. The Kier molecular flexibility index (Phi) is 4.86. The highest BCUT2D eigenvalue weighted by Gasteiger charge is 2.26. The lowest BCUT2D eigenvalue weighted by Gasteiger charge is -2.10. The molecule has 0 atom stereocenters. The third-order valence-corrected chi connectivity index (χ3v) is 4.06. The van der Waals surface area contributed by atoms with Crippen LogP contribution in [0, 0.1) is 23.3 Å². The largest absolute Gasteiger partial charge is 0.349 e. The third-order valence-electron chi connectivity index (χ3n) is 3.73. The number of hydrogen-bond acceptors (Lipinski definition) is 2. The molecule has 1 aliphatic carbocycles. The lowest BCUT2D eigenvalue weighted by Crippen LogP contribution is -2.26. The molecule has 2 N–H and O–H groups in total. The Morgan fingerprint density at radius 3 is 2.27 bits per heavy atom. The summed E-state index contributed by atoms with van der Waals surface area (Å²) < 4.78 is 53.2. The molecule has 0 spiro atoms. The fourth-order valence-corrected chi connectivity index (χ4v) is 2.41. The number of nitrogens with one attached hydrogen (secondary N) is 2. The second kappa shape index (κ2) is 6.95. The number of benzene rings is 2. The topological polar surface area (TPSA) is 58.2 Å². The van der Waals surface area contributed by atoms with Crippen LogP contribution in [0.3, 0.4) is 0 Å². The Morgan fingerprint density at radius 2 is 1.62 bits per heavy atom. The van der Waals surface area contributed by atoms with Crippen LogP contribution in [0.1, 0.15) is 33.6 Å². The molecule has 0 unspecified atom stereocenters. The van der Waals surface area contributed by atoms with Gasteiger partial charge in [-0.3, -0.25) is 9.59 Å². The highest BCUT2D eigenvalue weighted by atomic mass is 35.5. The van der Waals surface area contributed by atoms with Gasteiger partial charge in [0.2, 0.25) is 0 Å². The summed E-state index contributed by atoms with van der Waals surface area (Å²) in [6.45, 7) is 0. The predicted molar refractivity (Wildman–Crippen MR) is 86.2 cm³/mol. The minimum absolute atomic E-state index is 0.0462. The van der Waals surface area contributed by atoms with Gasteiger partial charge < -0.3 is 10.6 Å². The summed E-state index contributed by atoms with van der Waals surface area (Å²) in [5.41, 5.74) is -0.890. The van der Waals surface area contributed by atoms with Crippen molar-refractivity contribution in [2.45, 2.75) is 18.9 Å². The van der Waals surface area contributed by atoms with Crippen LogP contribution in [-0.2, 0) is 0 Å². The van der Waals surface area contributed by atoms with E-state index in [1.807, 2.05) is 0 Å². The maximum absolute atomic E-state index is 13.7.